The van der Waals surface area contributed by atoms with Crippen LogP contribution in [0.4, 0.5) is 10.2 Å². The van der Waals surface area contributed by atoms with Gasteiger partial charge in [-0.3, -0.25) is 4.57 Å². The molecule has 3 heterocycles. The number of hydrogen-bond acceptors (Lipinski definition) is 7. The van der Waals surface area contributed by atoms with E-state index in [4.69, 9.17) is 15.6 Å². The molecule has 0 bridgehead atoms. The largest absolute Gasteiger partial charge is 0.394 e. The topological polar surface area (TPSA) is 119 Å². The highest BCUT2D eigenvalue weighted by molar-refractivity contribution is 5.81. The van der Waals surface area contributed by atoms with Crippen molar-refractivity contribution in [3.8, 4) is 0 Å². The highest BCUT2D eigenvalue weighted by Gasteiger charge is 2.45. The maximum Gasteiger partial charge on any atom is 0.167 e. The van der Waals surface area contributed by atoms with Gasteiger partial charge in [0.2, 0.25) is 0 Å². The minimum Gasteiger partial charge on any atom is -0.394 e. The highest BCUT2D eigenvalue weighted by atomic mass is 19.1. The minimum atomic E-state index is -1.67. The van der Waals surface area contributed by atoms with E-state index >= 15 is 0 Å². The van der Waals surface area contributed by atoms with Gasteiger partial charge in [-0.15, -0.1) is 0 Å². The summed E-state index contributed by atoms with van der Waals surface area (Å²) < 4.78 is 20.3. The van der Waals surface area contributed by atoms with Gasteiger partial charge in [-0.25, -0.2) is 19.3 Å². The Morgan fingerprint density at radius 2 is 2.21 bits per heavy atom. The number of aliphatic hydroxyl groups is 2. The van der Waals surface area contributed by atoms with E-state index in [9.17, 15) is 9.50 Å². The molecule has 102 valence electrons. The zero-order valence-electron chi connectivity index (χ0n) is 9.72. The molecule has 4 atom stereocenters. The molecule has 0 amide bonds. The van der Waals surface area contributed by atoms with E-state index in [1.54, 1.807) is 0 Å². The highest BCUT2D eigenvalue weighted by Crippen LogP contribution is 2.33. The third-order valence-corrected chi connectivity index (χ3v) is 3.13. The summed E-state index contributed by atoms with van der Waals surface area (Å²) in [5.74, 6) is 0.187. The van der Waals surface area contributed by atoms with E-state index in [0.29, 0.717) is 11.2 Å². The first-order chi connectivity index (χ1) is 9.13. The summed E-state index contributed by atoms with van der Waals surface area (Å²) in [5, 5.41) is 18.8. The van der Waals surface area contributed by atoms with Gasteiger partial charge in [-0.05, 0) is 0 Å². The Balaban J connectivity index is 2.04. The maximum absolute atomic E-state index is 13.7. The lowest BCUT2D eigenvalue weighted by molar-refractivity contribution is -0.0495. The first-order valence-electron chi connectivity index (χ1n) is 5.65. The van der Waals surface area contributed by atoms with Crippen LogP contribution < -0.4 is 5.73 Å². The second-order valence-corrected chi connectivity index (χ2v) is 4.27. The summed E-state index contributed by atoms with van der Waals surface area (Å²) >= 11 is 0. The molecule has 0 spiro atoms. The van der Waals surface area contributed by atoms with Gasteiger partial charge in [0.1, 0.15) is 24.1 Å². The number of alkyl halides is 1. The summed E-state index contributed by atoms with van der Waals surface area (Å²) in [6, 6.07) is 0. The standard InChI is InChI=1S/C10H12FN5O3/c11-5-4(1-17)19-10(7(5)18)16-3-15-6-8(12)13-2-14-9(6)16/h2-5,7,10,17-18H,1H2,(H2,12,13,14)/t4-,5+,7-,10-/m1/s1. The number of nitrogen functional groups attached to an aromatic ring is 1. The van der Waals surface area contributed by atoms with Gasteiger partial charge in [0.05, 0.1) is 12.9 Å². The van der Waals surface area contributed by atoms with Crippen LogP contribution >= 0.6 is 0 Å². The molecule has 0 aliphatic carbocycles. The van der Waals surface area contributed by atoms with Gasteiger partial charge < -0.3 is 20.7 Å². The lowest BCUT2D eigenvalue weighted by Gasteiger charge is -2.15. The molecule has 0 saturated carbocycles. The molecule has 0 radical (unpaired) electrons. The second-order valence-electron chi connectivity index (χ2n) is 4.27. The van der Waals surface area contributed by atoms with Crippen molar-refractivity contribution in [1.82, 2.24) is 19.5 Å². The molecule has 4 N–H and O–H groups in total. The number of ether oxygens (including phenoxy) is 1. The Kier molecular flexibility index (Phi) is 2.81. The number of hydrogen-bond donors (Lipinski definition) is 3. The SMILES string of the molecule is Nc1ncnc2c1ncn2[C@@H]1O[C@H](CO)[C@H](F)[C@H]1O. The number of rotatable bonds is 2. The molecule has 0 unspecified atom stereocenters. The van der Waals surface area contributed by atoms with Crippen LogP contribution in [0.15, 0.2) is 12.7 Å². The third-order valence-electron chi connectivity index (χ3n) is 3.13. The van der Waals surface area contributed by atoms with Crippen molar-refractivity contribution in [3.05, 3.63) is 12.7 Å². The average Bonchev–Trinajstić information content (AvgIpc) is 2.94. The number of aliphatic hydroxyl groups excluding tert-OH is 2. The van der Waals surface area contributed by atoms with Gasteiger partial charge in [0, 0.05) is 0 Å². The van der Waals surface area contributed by atoms with Crippen LogP contribution in [0.3, 0.4) is 0 Å². The van der Waals surface area contributed by atoms with Gasteiger partial charge in [-0.1, -0.05) is 0 Å². The van der Waals surface area contributed by atoms with Crippen molar-refractivity contribution < 1.29 is 19.3 Å². The Morgan fingerprint density at radius 3 is 2.89 bits per heavy atom. The van der Waals surface area contributed by atoms with E-state index in [1.807, 2.05) is 0 Å². The van der Waals surface area contributed by atoms with Crippen LogP contribution in [0, 0.1) is 0 Å². The molecule has 2 aromatic rings. The molecular formula is C10H12FN5O3. The number of halogens is 1. The fourth-order valence-electron chi connectivity index (χ4n) is 2.14. The van der Waals surface area contributed by atoms with Gasteiger partial charge in [0.25, 0.3) is 0 Å². The van der Waals surface area contributed by atoms with Gasteiger partial charge >= 0.3 is 0 Å². The smallest absolute Gasteiger partial charge is 0.167 e. The Labute approximate surface area is 106 Å². The van der Waals surface area contributed by atoms with Crippen LogP contribution in [-0.2, 0) is 4.74 Å². The summed E-state index contributed by atoms with van der Waals surface area (Å²) in [6.07, 6.45) is -2.58. The van der Waals surface area contributed by atoms with Crippen molar-refractivity contribution >= 4 is 17.0 Å². The zero-order valence-corrected chi connectivity index (χ0v) is 9.72. The van der Waals surface area contributed by atoms with E-state index < -0.39 is 31.2 Å². The second kappa shape index (κ2) is 4.37. The fourth-order valence-corrected chi connectivity index (χ4v) is 2.14. The Morgan fingerprint density at radius 1 is 1.42 bits per heavy atom. The number of nitrogens with two attached hydrogens (primary N) is 1. The lowest BCUT2D eigenvalue weighted by atomic mass is 10.1. The van der Waals surface area contributed by atoms with Crippen molar-refractivity contribution in [2.75, 3.05) is 12.3 Å². The molecule has 1 saturated heterocycles. The molecule has 19 heavy (non-hydrogen) atoms. The van der Waals surface area contributed by atoms with E-state index in [2.05, 4.69) is 15.0 Å². The van der Waals surface area contributed by atoms with Crippen LogP contribution in [-0.4, -0.2) is 54.7 Å². The van der Waals surface area contributed by atoms with E-state index in [-0.39, 0.29) is 5.82 Å². The predicted octanol–water partition coefficient (Wildman–Crippen LogP) is -1.00. The zero-order chi connectivity index (χ0) is 13.6. The van der Waals surface area contributed by atoms with Crippen LogP contribution in [0.25, 0.3) is 11.2 Å². The minimum absolute atomic E-state index is 0.187. The van der Waals surface area contributed by atoms with Crippen LogP contribution in [0.2, 0.25) is 0 Å². The number of anilines is 1. The van der Waals surface area contributed by atoms with E-state index in [1.165, 1.54) is 17.2 Å². The summed E-state index contributed by atoms with van der Waals surface area (Å²) in [7, 11) is 0. The van der Waals surface area contributed by atoms with Gasteiger partial charge in [-0.2, -0.15) is 0 Å². The summed E-state index contributed by atoms with van der Waals surface area (Å²) in [4.78, 5) is 11.8. The van der Waals surface area contributed by atoms with Gasteiger partial charge in [0.15, 0.2) is 23.9 Å². The molecule has 1 aliphatic rings. The number of fused-ring (bicyclic) bond motifs is 1. The monoisotopic (exact) mass is 269 g/mol. The van der Waals surface area contributed by atoms with Crippen molar-refractivity contribution in [3.63, 3.8) is 0 Å². The molecule has 1 aliphatic heterocycles. The number of aromatic nitrogens is 4. The summed E-state index contributed by atoms with van der Waals surface area (Å²) in [6.45, 7) is -0.515. The van der Waals surface area contributed by atoms with Crippen molar-refractivity contribution in [2.24, 2.45) is 0 Å². The molecule has 9 heteroatoms. The predicted molar refractivity (Wildman–Crippen MR) is 61.6 cm³/mol. The van der Waals surface area contributed by atoms with Crippen LogP contribution in [0.1, 0.15) is 6.23 Å². The van der Waals surface area contributed by atoms with Crippen molar-refractivity contribution in [2.45, 2.75) is 24.6 Å². The lowest BCUT2D eigenvalue weighted by Crippen LogP contribution is -2.29. The van der Waals surface area contributed by atoms with E-state index in [0.717, 1.165) is 0 Å². The number of nitrogens with zero attached hydrogens (tertiary/aromatic N) is 4. The van der Waals surface area contributed by atoms with Crippen molar-refractivity contribution in [1.29, 1.82) is 0 Å². The average molecular weight is 269 g/mol. The third kappa shape index (κ3) is 1.74. The summed E-state index contributed by atoms with van der Waals surface area (Å²) in [5.41, 5.74) is 6.32. The fraction of sp³-hybridized carbons (Fsp3) is 0.500. The normalized spacial score (nSPS) is 31.1. The molecule has 2 aromatic heterocycles. The quantitative estimate of drug-likeness (QED) is 0.639. The maximum atomic E-state index is 13.7. The molecule has 8 nitrogen and oxygen atoms in total. The first-order valence-corrected chi connectivity index (χ1v) is 5.65. The van der Waals surface area contributed by atoms with Crippen LogP contribution in [0.5, 0.6) is 0 Å². The number of imidazole rings is 1. The Bertz CT molecular complexity index is 606. The molecule has 0 aromatic carbocycles. The molecular weight excluding hydrogens is 257 g/mol. The Hall–Kier alpha value is -1.84. The molecule has 3 rings (SSSR count). The first kappa shape index (κ1) is 12.2. The molecule has 1 fully saturated rings.